The van der Waals surface area contributed by atoms with E-state index in [9.17, 15) is 9.70 Å². The molecule has 1 aromatic rings. The number of hydrogen-bond acceptors (Lipinski definition) is 6. The molecule has 29 heavy (non-hydrogen) atoms. The minimum absolute atomic E-state index is 0.300. The number of ether oxygens (including phenoxy) is 2. The van der Waals surface area contributed by atoms with Gasteiger partial charge in [0.05, 0.1) is 4.91 Å². The van der Waals surface area contributed by atoms with Crippen LogP contribution in [0, 0.1) is 4.91 Å². The third-order valence-corrected chi connectivity index (χ3v) is 5.01. The molecule has 0 aliphatic carbocycles. The van der Waals surface area contributed by atoms with Crippen molar-refractivity contribution in [2.45, 2.75) is 58.7 Å². The highest BCUT2D eigenvalue weighted by Gasteiger charge is 2.36. The van der Waals surface area contributed by atoms with Gasteiger partial charge in [0.2, 0.25) is 0 Å². The number of carbonyl (C=O) groups excluding carboxylic acids is 1. The molecule has 0 atom stereocenters. The lowest BCUT2D eigenvalue weighted by molar-refractivity contribution is -0.736. The lowest BCUT2D eigenvalue weighted by atomic mass is 10.0. The van der Waals surface area contributed by atoms with Gasteiger partial charge in [0.15, 0.2) is 7.11 Å². The predicted octanol–water partition coefficient (Wildman–Crippen LogP) is 3.82. The maximum Gasteiger partial charge on any atom is 0.410 e. The van der Waals surface area contributed by atoms with Gasteiger partial charge in [-0.2, -0.15) is 0 Å². The normalized spacial score (nSPS) is 18.6. The second-order valence-corrected chi connectivity index (χ2v) is 9.23. The van der Waals surface area contributed by atoms with E-state index in [0.717, 1.165) is 29.8 Å². The van der Waals surface area contributed by atoms with E-state index in [1.54, 1.807) is 4.90 Å². The molecule has 2 aliphatic rings. The molecule has 1 aromatic carbocycles. The molecule has 0 bridgehead atoms. The summed E-state index contributed by atoms with van der Waals surface area (Å²) in [5, 5.41) is 0. The van der Waals surface area contributed by atoms with Crippen molar-refractivity contribution < 1.29 is 24.0 Å². The van der Waals surface area contributed by atoms with Crippen molar-refractivity contribution in [2.75, 3.05) is 38.2 Å². The minimum Gasteiger partial charge on any atom is -0.487 e. The Morgan fingerprint density at radius 1 is 1.17 bits per heavy atom. The van der Waals surface area contributed by atoms with Gasteiger partial charge < -0.3 is 19.3 Å². The van der Waals surface area contributed by atoms with E-state index in [4.69, 9.17) is 14.3 Å². The smallest absolute Gasteiger partial charge is 0.410 e. The number of anilines is 1. The highest BCUT2D eigenvalue weighted by molar-refractivity contribution is 5.70. The Kier molecular flexibility index (Phi) is 5.65. The fourth-order valence-corrected chi connectivity index (χ4v) is 3.79. The van der Waals surface area contributed by atoms with Crippen molar-refractivity contribution >= 4 is 17.5 Å². The molecule has 0 aromatic heterocycles. The maximum absolute atomic E-state index is 12.4. The summed E-state index contributed by atoms with van der Waals surface area (Å²) in [5.41, 5.74) is 1.38. The molecule has 0 unspecified atom stereocenters. The molecular formula is C21H32N3O5+. The number of nitrogens with zero attached hydrogens (tertiary/aromatic N) is 3. The van der Waals surface area contributed by atoms with E-state index >= 15 is 0 Å². The number of amides is 1. The summed E-state index contributed by atoms with van der Waals surface area (Å²) in [6.45, 7) is 12.1. The SMILES string of the molecule is CO[N+](=O)c1cc2c(cc1N1CCCN(C(=O)OC(C)(C)C)CC1)OC(C)(C)C2. The maximum atomic E-state index is 12.4. The first-order chi connectivity index (χ1) is 13.5. The van der Waals surface area contributed by atoms with Gasteiger partial charge >= 0.3 is 11.8 Å². The standard InChI is InChI=1S/C21H32N3O5/c1-20(2,3)29-19(25)23-9-7-8-22(10-11-23)16-13-18-15(14-21(4,5)28-18)12-17(16)24(26)27-6/h12-13H,7-11,14H2,1-6H3/q+1. The molecule has 0 spiro atoms. The Bertz CT molecular complexity index is 800. The van der Waals surface area contributed by atoms with Gasteiger partial charge in [-0.1, -0.05) is 0 Å². The molecule has 1 saturated heterocycles. The van der Waals surface area contributed by atoms with E-state index in [1.807, 2.05) is 46.8 Å². The first-order valence-corrected chi connectivity index (χ1v) is 10.1. The zero-order valence-electron chi connectivity index (χ0n) is 18.3. The molecule has 0 saturated carbocycles. The van der Waals surface area contributed by atoms with Crippen LogP contribution in [0.5, 0.6) is 5.75 Å². The average Bonchev–Trinajstić information content (AvgIpc) is 2.78. The van der Waals surface area contributed by atoms with E-state index < -0.39 is 5.60 Å². The van der Waals surface area contributed by atoms with E-state index in [1.165, 1.54) is 7.11 Å². The molecule has 8 heteroatoms. The van der Waals surface area contributed by atoms with Gasteiger partial charge in [-0.05, 0) is 41.0 Å². The van der Waals surface area contributed by atoms with Crippen molar-refractivity contribution in [3.05, 3.63) is 22.6 Å². The van der Waals surface area contributed by atoms with Crippen LogP contribution in [-0.4, -0.2) is 60.4 Å². The Labute approximate surface area is 172 Å². The van der Waals surface area contributed by atoms with Gasteiger partial charge in [-0.3, -0.25) is 0 Å². The number of hydrogen-bond donors (Lipinski definition) is 0. The molecule has 2 aliphatic heterocycles. The molecule has 160 valence electrons. The third-order valence-electron chi connectivity index (χ3n) is 5.01. The first kappa shape index (κ1) is 21.2. The first-order valence-electron chi connectivity index (χ1n) is 10.1. The summed E-state index contributed by atoms with van der Waals surface area (Å²) in [7, 11) is 1.36. The number of carbonyl (C=O) groups is 1. The van der Waals surface area contributed by atoms with Gasteiger partial charge in [-0.15, -0.1) is 0 Å². The van der Waals surface area contributed by atoms with Crippen LogP contribution >= 0.6 is 0 Å². The van der Waals surface area contributed by atoms with Crippen molar-refractivity contribution in [3.63, 3.8) is 0 Å². The van der Waals surface area contributed by atoms with Crippen molar-refractivity contribution in [1.82, 2.24) is 4.90 Å². The van der Waals surface area contributed by atoms with Crippen LogP contribution in [-0.2, 0) is 16.0 Å². The zero-order chi connectivity index (χ0) is 21.4. The molecular weight excluding hydrogens is 374 g/mol. The van der Waals surface area contributed by atoms with Gasteiger partial charge in [0.1, 0.15) is 22.6 Å². The summed E-state index contributed by atoms with van der Waals surface area (Å²) in [6.07, 6.45) is 1.20. The lowest BCUT2D eigenvalue weighted by Gasteiger charge is -2.26. The highest BCUT2D eigenvalue weighted by atomic mass is 16.8. The molecule has 0 N–H and O–H groups in total. The minimum atomic E-state index is -0.526. The summed E-state index contributed by atoms with van der Waals surface area (Å²) in [5.74, 6) is 0.798. The molecule has 0 radical (unpaired) electrons. The topological polar surface area (TPSA) is 71.3 Å². The van der Waals surface area contributed by atoms with Crippen LogP contribution in [0.2, 0.25) is 0 Å². The summed E-state index contributed by atoms with van der Waals surface area (Å²) in [6, 6.07) is 3.78. The van der Waals surface area contributed by atoms with Crippen molar-refractivity contribution in [2.24, 2.45) is 0 Å². The van der Waals surface area contributed by atoms with E-state index in [2.05, 4.69) is 4.90 Å². The molecule has 2 heterocycles. The van der Waals surface area contributed by atoms with E-state index in [-0.39, 0.29) is 11.7 Å². The number of benzene rings is 1. The molecule has 8 nitrogen and oxygen atoms in total. The monoisotopic (exact) mass is 406 g/mol. The van der Waals surface area contributed by atoms with Crippen LogP contribution in [0.15, 0.2) is 12.1 Å². The number of fused-ring (bicyclic) bond motifs is 1. The fraction of sp³-hybridized carbons (Fsp3) is 0.667. The van der Waals surface area contributed by atoms with Crippen LogP contribution in [0.3, 0.4) is 0 Å². The predicted molar refractivity (Wildman–Crippen MR) is 110 cm³/mol. The zero-order valence-corrected chi connectivity index (χ0v) is 18.3. The lowest BCUT2D eigenvalue weighted by Crippen LogP contribution is -2.39. The third kappa shape index (κ3) is 4.92. The summed E-state index contributed by atoms with van der Waals surface area (Å²) in [4.78, 5) is 34.2. The quantitative estimate of drug-likeness (QED) is 0.711. The van der Waals surface area contributed by atoms with Gasteiger partial charge in [0, 0.05) is 50.3 Å². The van der Waals surface area contributed by atoms with Crippen molar-refractivity contribution in [3.8, 4) is 5.75 Å². The van der Waals surface area contributed by atoms with Crippen LogP contribution in [0.25, 0.3) is 0 Å². The molecule has 1 fully saturated rings. The Hall–Kier alpha value is -2.51. The average molecular weight is 407 g/mol. The highest BCUT2D eigenvalue weighted by Crippen LogP contribution is 2.42. The number of rotatable bonds is 3. The van der Waals surface area contributed by atoms with E-state index in [0.29, 0.717) is 36.8 Å². The largest absolute Gasteiger partial charge is 0.487 e. The second kappa shape index (κ2) is 7.72. The Morgan fingerprint density at radius 3 is 2.55 bits per heavy atom. The van der Waals surface area contributed by atoms with Crippen LogP contribution < -0.4 is 9.64 Å². The summed E-state index contributed by atoms with van der Waals surface area (Å²) < 4.78 is 11.6. The van der Waals surface area contributed by atoms with Crippen LogP contribution in [0.1, 0.15) is 46.6 Å². The van der Waals surface area contributed by atoms with Crippen LogP contribution in [0.4, 0.5) is 16.2 Å². The second-order valence-electron chi connectivity index (χ2n) is 9.23. The molecule has 3 rings (SSSR count). The molecule has 1 amide bonds. The fourth-order valence-electron chi connectivity index (χ4n) is 3.79. The van der Waals surface area contributed by atoms with Gasteiger partial charge in [-0.25, -0.2) is 9.63 Å². The van der Waals surface area contributed by atoms with Gasteiger partial charge in [0.25, 0.3) is 4.92 Å². The Balaban J connectivity index is 1.83. The Morgan fingerprint density at radius 2 is 1.90 bits per heavy atom. The summed E-state index contributed by atoms with van der Waals surface area (Å²) >= 11 is 0. The van der Waals surface area contributed by atoms with Crippen molar-refractivity contribution in [1.29, 1.82) is 0 Å².